The van der Waals surface area contributed by atoms with Crippen LogP contribution in [-0.2, 0) is 14.3 Å². The van der Waals surface area contributed by atoms with Crippen molar-refractivity contribution in [3.63, 3.8) is 0 Å². The summed E-state index contributed by atoms with van der Waals surface area (Å²) in [7, 11) is 0. The van der Waals surface area contributed by atoms with E-state index < -0.39 is 23.0 Å². The summed E-state index contributed by atoms with van der Waals surface area (Å²) in [6.07, 6.45) is 1.86. The van der Waals surface area contributed by atoms with E-state index in [1.165, 1.54) is 11.1 Å². The quantitative estimate of drug-likeness (QED) is 0.709. The second-order valence-corrected chi connectivity index (χ2v) is 9.99. The molecule has 7 nitrogen and oxygen atoms in total. The predicted molar refractivity (Wildman–Crippen MR) is 120 cm³/mol. The Hall–Kier alpha value is -3.35. The van der Waals surface area contributed by atoms with E-state index in [1.807, 2.05) is 24.3 Å². The Kier molecular flexibility index (Phi) is 4.34. The van der Waals surface area contributed by atoms with Gasteiger partial charge >= 0.3 is 12.1 Å². The lowest BCUT2D eigenvalue weighted by atomic mass is 9.73. The number of nitrogens with zero attached hydrogens (tertiary/aromatic N) is 1. The molecule has 2 saturated heterocycles. The van der Waals surface area contributed by atoms with E-state index in [0.717, 1.165) is 11.1 Å². The molecule has 2 bridgehead atoms. The molecule has 2 saturated carbocycles. The van der Waals surface area contributed by atoms with Crippen LogP contribution in [0.4, 0.5) is 4.79 Å². The highest BCUT2D eigenvalue weighted by molar-refractivity contribution is 5.94. The van der Waals surface area contributed by atoms with Crippen LogP contribution in [0.15, 0.2) is 48.5 Å². The van der Waals surface area contributed by atoms with Crippen LogP contribution < -0.4 is 5.32 Å². The molecule has 170 valence electrons. The maximum absolute atomic E-state index is 13.2. The van der Waals surface area contributed by atoms with Crippen molar-refractivity contribution in [2.75, 3.05) is 19.7 Å². The summed E-state index contributed by atoms with van der Waals surface area (Å²) in [6, 6.07) is 16.3. The van der Waals surface area contributed by atoms with Gasteiger partial charge in [0, 0.05) is 19.0 Å². The van der Waals surface area contributed by atoms with Crippen molar-refractivity contribution in [1.29, 1.82) is 0 Å². The van der Waals surface area contributed by atoms with Crippen LogP contribution in [0.5, 0.6) is 0 Å². The predicted octanol–water partition coefficient (Wildman–Crippen LogP) is 3.38. The normalized spacial score (nSPS) is 25.6. The average molecular weight is 447 g/mol. The monoisotopic (exact) mass is 446 g/mol. The van der Waals surface area contributed by atoms with Gasteiger partial charge in [0.05, 0.1) is 5.41 Å². The lowest BCUT2D eigenvalue weighted by Crippen LogP contribution is -2.57. The van der Waals surface area contributed by atoms with Gasteiger partial charge in [0.1, 0.15) is 12.1 Å². The molecule has 2 aliphatic heterocycles. The number of carboxylic acids is 1. The largest absolute Gasteiger partial charge is 0.479 e. The average Bonchev–Trinajstić information content (AvgIpc) is 3.21. The Labute approximate surface area is 191 Å². The molecule has 0 spiro atoms. The smallest absolute Gasteiger partial charge is 0.407 e. The molecular formula is C26H26N2O5. The molecule has 3 aliphatic carbocycles. The van der Waals surface area contributed by atoms with E-state index >= 15 is 0 Å². The Morgan fingerprint density at radius 3 is 2.18 bits per heavy atom. The van der Waals surface area contributed by atoms with Gasteiger partial charge in [-0.2, -0.15) is 0 Å². The second-order valence-electron chi connectivity index (χ2n) is 9.99. The topological polar surface area (TPSA) is 95.9 Å². The molecule has 0 atom stereocenters. The zero-order valence-electron chi connectivity index (χ0n) is 18.3. The summed E-state index contributed by atoms with van der Waals surface area (Å²) >= 11 is 0. The van der Waals surface area contributed by atoms with Crippen molar-refractivity contribution in [1.82, 2.24) is 10.2 Å². The number of hydrogen-bond donors (Lipinski definition) is 2. The number of benzene rings is 2. The second kappa shape index (κ2) is 7.07. The SMILES string of the molecule is O=C(NCC1(C(=O)N2CC3CC2(C(=O)O)C3)CC1)OCC1c2ccccc2-c2ccccc21. The molecule has 7 rings (SSSR count). The van der Waals surface area contributed by atoms with E-state index in [0.29, 0.717) is 32.2 Å². The first-order valence-corrected chi connectivity index (χ1v) is 11.6. The van der Waals surface area contributed by atoms with Crippen LogP contribution in [0.2, 0.25) is 0 Å². The van der Waals surface area contributed by atoms with Crippen LogP contribution >= 0.6 is 0 Å². The number of carbonyl (C=O) groups is 3. The van der Waals surface area contributed by atoms with E-state index in [4.69, 9.17) is 4.74 Å². The summed E-state index contributed by atoms with van der Waals surface area (Å²) < 4.78 is 5.59. The molecule has 4 fully saturated rings. The van der Waals surface area contributed by atoms with Gasteiger partial charge in [0.2, 0.25) is 5.91 Å². The number of alkyl carbamates (subject to hydrolysis) is 1. The molecule has 2 heterocycles. The molecule has 7 heteroatoms. The Morgan fingerprint density at radius 1 is 1.00 bits per heavy atom. The minimum atomic E-state index is -1.03. The fourth-order valence-electron chi connectivity index (χ4n) is 6.04. The molecular weight excluding hydrogens is 420 g/mol. The van der Waals surface area contributed by atoms with Crippen molar-refractivity contribution >= 4 is 18.0 Å². The molecule has 2 aromatic rings. The van der Waals surface area contributed by atoms with Gasteiger partial charge in [-0.3, -0.25) is 4.79 Å². The summed E-state index contributed by atoms with van der Waals surface area (Å²) in [5.41, 5.74) is 2.91. The first-order valence-electron chi connectivity index (χ1n) is 11.6. The standard InChI is InChI=1S/C26H26N2O5/c29-22(28-13-16-11-26(28,12-16)23(30)31)25(9-10-25)15-27-24(32)33-14-21-19-7-3-1-5-17(19)18-6-2-4-8-20(18)21/h1-8,16,21H,9-15H2,(H,27,32)(H,30,31). The number of aliphatic carboxylic acids is 1. The Balaban J connectivity index is 1.09. The van der Waals surface area contributed by atoms with Crippen molar-refractivity contribution in [2.45, 2.75) is 37.1 Å². The van der Waals surface area contributed by atoms with E-state index in [2.05, 4.69) is 29.6 Å². The van der Waals surface area contributed by atoms with Gasteiger partial charge in [-0.05, 0) is 53.9 Å². The van der Waals surface area contributed by atoms with Crippen LogP contribution in [-0.4, -0.2) is 53.2 Å². The van der Waals surface area contributed by atoms with Gasteiger partial charge in [-0.15, -0.1) is 0 Å². The minimum Gasteiger partial charge on any atom is -0.479 e. The van der Waals surface area contributed by atoms with Crippen molar-refractivity contribution < 1.29 is 24.2 Å². The highest BCUT2D eigenvalue weighted by Crippen LogP contribution is 2.55. The fourth-order valence-corrected chi connectivity index (χ4v) is 6.04. The number of fused-ring (bicyclic) bond motifs is 4. The minimum absolute atomic E-state index is 0.0218. The van der Waals surface area contributed by atoms with Crippen molar-refractivity contribution in [2.24, 2.45) is 11.3 Å². The third-order valence-electron chi connectivity index (χ3n) is 8.08. The highest BCUT2D eigenvalue weighted by atomic mass is 16.5. The van der Waals surface area contributed by atoms with Crippen molar-refractivity contribution in [3.8, 4) is 11.1 Å². The fraction of sp³-hybridized carbons (Fsp3) is 0.423. The van der Waals surface area contributed by atoms with Crippen LogP contribution in [0.1, 0.15) is 42.7 Å². The van der Waals surface area contributed by atoms with Gasteiger partial charge < -0.3 is 20.1 Å². The molecule has 0 aromatic heterocycles. The van der Waals surface area contributed by atoms with Gasteiger partial charge in [-0.1, -0.05) is 48.5 Å². The van der Waals surface area contributed by atoms with E-state index in [9.17, 15) is 19.5 Å². The van der Waals surface area contributed by atoms with E-state index in [-0.39, 0.29) is 30.9 Å². The zero-order valence-corrected chi connectivity index (χ0v) is 18.3. The molecule has 2 N–H and O–H groups in total. The number of amides is 2. The van der Waals surface area contributed by atoms with Crippen LogP contribution in [0.3, 0.4) is 0 Å². The number of carboxylic acid groups (broad SMARTS) is 1. The Bertz CT molecular complexity index is 1120. The van der Waals surface area contributed by atoms with Gasteiger partial charge in [0.25, 0.3) is 0 Å². The lowest BCUT2D eigenvalue weighted by molar-refractivity contribution is -0.160. The molecule has 5 aliphatic rings. The summed E-state index contributed by atoms with van der Waals surface area (Å²) in [6.45, 7) is 0.911. The lowest BCUT2D eigenvalue weighted by Gasteiger charge is -2.39. The number of hydrogen-bond acceptors (Lipinski definition) is 4. The molecule has 2 aromatic carbocycles. The van der Waals surface area contributed by atoms with E-state index in [1.54, 1.807) is 4.90 Å². The van der Waals surface area contributed by atoms with Gasteiger partial charge in [0.15, 0.2) is 0 Å². The first-order chi connectivity index (χ1) is 15.9. The van der Waals surface area contributed by atoms with Crippen LogP contribution in [0.25, 0.3) is 11.1 Å². The third kappa shape index (κ3) is 2.98. The number of nitrogens with one attached hydrogen (secondary N) is 1. The first kappa shape index (κ1) is 20.3. The maximum atomic E-state index is 13.2. The number of rotatable bonds is 6. The molecule has 0 unspecified atom stereocenters. The summed E-state index contributed by atoms with van der Waals surface area (Å²) in [4.78, 5) is 39.1. The maximum Gasteiger partial charge on any atom is 0.407 e. The molecule has 33 heavy (non-hydrogen) atoms. The highest BCUT2D eigenvalue weighted by Gasteiger charge is 2.66. The zero-order chi connectivity index (χ0) is 22.8. The molecule has 0 radical (unpaired) electrons. The number of carbonyl (C=O) groups excluding carboxylic acids is 2. The Morgan fingerprint density at radius 2 is 1.61 bits per heavy atom. The number of ether oxygens (including phenoxy) is 1. The third-order valence-corrected chi connectivity index (χ3v) is 8.08. The van der Waals surface area contributed by atoms with Gasteiger partial charge in [-0.25, -0.2) is 9.59 Å². The van der Waals surface area contributed by atoms with Crippen molar-refractivity contribution in [3.05, 3.63) is 59.7 Å². The molecule has 2 amide bonds. The van der Waals surface area contributed by atoms with Crippen LogP contribution in [0, 0.1) is 11.3 Å². The summed E-state index contributed by atoms with van der Waals surface area (Å²) in [5.74, 6) is -0.781. The summed E-state index contributed by atoms with van der Waals surface area (Å²) in [5, 5.41) is 12.4.